The molecule has 1 atom stereocenters. The van der Waals surface area contributed by atoms with E-state index in [0.29, 0.717) is 5.92 Å². The summed E-state index contributed by atoms with van der Waals surface area (Å²) in [5.74, 6) is 2.33. The number of aryl methyl sites for hydroxylation is 1. The molecule has 1 aromatic rings. The summed E-state index contributed by atoms with van der Waals surface area (Å²) < 4.78 is 5.50. The Morgan fingerprint density at radius 2 is 2.00 bits per heavy atom. The van der Waals surface area contributed by atoms with E-state index >= 15 is 0 Å². The lowest BCUT2D eigenvalue weighted by molar-refractivity contribution is 0.0771. The Balaban J connectivity index is 2.36. The molecule has 2 rings (SSSR count). The molecule has 0 aliphatic heterocycles. The fourth-order valence-electron chi connectivity index (χ4n) is 1.93. The molecule has 1 fully saturated rings. The highest BCUT2D eigenvalue weighted by molar-refractivity contribution is 5.45. The molecule has 1 heterocycles. The van der Waals surface area contributed by atoms with Crippen molar-refractivity contribution >= 4 is 5.82 Å². The van der Waals surface area contributed by atoms with Crippen LogP contribution >= 0.6 is 0 Å². The number of methoxy groups -OCH3 is 1. The first-order chi connectivity index (χ1) is 7.67. The smallest absolute Gasteiger partial charge is 0.160 e. The number of nitrogens with zero attached hydrogens (tertiary/aromatic N) is 2. The predicted octanol–water partition coefficient (Wildman–Crippen LogP) is 2.23. The first kappa shape index (κ1) is 11.3. The van der Waals surface area contributed by atoms with Crippen LogP contribution in [0.15, 0.2) is 0 Å². The van der Waals surface area contributed by atoms with Crippen LogP contribution in [0.4, 0.5) is 5.82 Å². The second kappa shape index (κ2) is 4.37. The summed E-state index contributed by atoms with van der Waals surface area (Å²) >= 11 is 0. The molecule has 1 unspecified atom stereocenters. The fourth-order valence-corrected chi connectivity index (χ4v) is 1.93. The Bertz CT molecular complexity index is 388. The quantitative estimate of drug-likeness (QED) is 0.847. The highest BCUT2D eigenvalue weighted by atomic mass is 16.5. The molecule has 0 saturated heterocycles. The molecule has 1 aliphatic carbocycles. The van der Waals surface area contributed by atoms with Crippen LogP contribution in [0, 0.1) is 19.8 Å². The van der Waals surface area contributed by atoms with Gasteiger partial charge in [-0.1, -0.05) is 0 Å². The third-order valence-corrected chi connectivity index (χ3v) is 3.20. The van der Waals surface area contributed by atoms with Gasteiger partial charge in [0, 0.05) is 25.4 Å². The normalized spacial score (nSPS) is 17.2. The van der Waals surface area contributed by atoms with E-state index in [9.17, 15) is 0 Å². The van der Waals surface area contributed by atoms with Crippen LogP contribution in [0.3, 0.4) is 0 Å². The lowest BCUT2D eigenvalue weighted by Gasteiger charge is -2.16. The number of nitrogens with one attached hydrogen (secondary N) is 1. The SMILES string of the molecule is CNc1nc(C(OC)C2CC2)nc(C)c1C. The Morgan fingerprint density at radius 3 is 2.50 bits per heavy atom. The minimum atomic E-state index is 0.0615. The molecule has 0 bridgehead atoms. The average Bonchev–Trinajstić information content (AvgIpc) is 3.08. The molecule has 16 heavy (non-hydrogen) atoms. The van der Waals surface area contributed by atoms with E-state index in [0.717, 1.165) is 22.9 Å². The van der Waals surface area contributed by atoms with Crippen LogP contribution in [0.5, 0.6) is 0 Å². The summed E-state index contributed by atoms with van der Waals surface area (Å²) in [4.78, 5) is 9.07. The van der Waals surface area contributed by atoms with Crippen LogP contribution in [-0.4, -0.2) is 24.1 Å². The third-order valence-electron chi connectivity index (χ3n) is 3.20. The van der Waals surface area contributed by atoms with Gasteiger partial charge in [0.1, 0.15) is 11.9 Å². The monoisotopic (exact) mass is 221 g/mol. The first-order valence-electron chi connectivity index (χ1n) is 5.73. The van der Waals surface area contributed by atoms with Gasteiger partial charge in [0.15, 0.2) is 5.82 Å². The zero-order valence-corrected chi connectivity index (χ0v) is 10.4. The Kier molecular flexibility index (Phi) is 3.10. The number of anilines is 1. The van der Waals surface area contributed by atoms with Gasteiger partial charge >= 0.3 is 0 Å². The van der Waals surface area contributed by atoms with Crippen molar-refractivity contribution in [2.45, 2.75) is 32.8 Å². The van der Waals surface area contributed by atoms with Gasteiger partial charge in [0.05, 0.1) is 0 Å². The Hall–Kier alpha value is -1.16. The molecule has 1 N–H and O–H groups in total. The van der Waals surface area contributed by atoms with E-state index in [-0.39, 0.29) is 6.10 Å². The van der Waals surface area contributed by atoms with Crippen LogP contribution in [0.25, 0.3) is 0 Å². The molecular weight excluding hydrogens is 202 g/mol. The maximum absolute atomic E-state index is 5.50. The van der Waals surface area contributed by atoms with Gasteiger partial charge in [0.2, 0.25) is 0 Å². The van der Waals surface area contributed by atoms with E-state index in [1.165, 1.54) is 12.8 Å². The van der Waals surface area contributed by atoms with Crippen molar-refractivity contribution in [3.05, 3.63) is 17.1 Å². The van der Waals surface area contributed by atoms with E-state index in [4.69, 9.17) is 4.74 Å². The average molecular weight is 221 g/mol. The van der Waals surface area contributed by atoms with Gasteiger partial charge < -0.3 is 10.1 Å². The third kappa shape index (κ3) is 2.02. The lowest BCUT2D eigenvalue weighted by atomic mass is 10.2. The number of hydrogen-bond donors (Lipinski definition) is 1. The molecule has 0 radical (unpaired) electrons. The van der Waals surface area contributed by atoms with Gasteiger partial charge in [0.25, 0.3) is 0 Å². The summed E-state index contributed by atoms with van der Waals surface area (Å²) in [7, 11) is 3.62. The Morgan fingerprint density at radius 1 is 1.31 bits per heavy atom. The van der Waals surface area contributed by atoms with Gasteiger partial charge in [-0.25, -0.2) is 9.97 Å². The maximum Gasteiger partial charge on any atom is 0.160 e. The van der Waals surface area contributed by atoms with Crippen molar-refractivity contribution in [1.82, 2.24) is 9.97 Å². The van der Waals surface area contributed by atoms with E-state index in [2.05, 4.69) is 15.3 Å². The molecule has 1 aliphatic rings. The van der Waals surface area contributed by atoms with Gasteiger partial charge in [-0.15, -0.1) is 0 Å². The van der Waals surface area contributed by atoms with Crippen molar-refractivity contribution in [3.8, 4) is 0 Å². The van der Waals surface area contributed by atoms with Crippen LogP contribution in [-0.2, 0) is 4.74 Å². The van der Waals surface area contributed by atoms with Crippen molar-refractivity contribution < 1.29 is 4.74 Å². The summed E-state index contributed by atoms with van der Waals surface area (Å²) in [5.41, 5.74) is 2.13. The highest BCUT2D eigenvalue weighted by Crippen LogP contribution is 2.42. The van der Waals surface area contributed by atoms with Crippen LogP contribution in [0.2, 0.25) is 0 Å². The molecule has 88 valence electrons. The van der Waals surface area contributed by atoms with Crippen molar-refractivity contribution in [3.63, 3.8) is 0 Å². The minimum absolute atomic E-state index is 0.0615. The van der Waals surface area contributed by atoms with E-state index < -0.39 is 0 Å². The second-order valence-electron chi connectivity index (χ2n) is 4.38. The number of rotatable bonds is 4. The zero-order chi connectivity index (χ0) is 11.7. The van der Waals surface area contributed by atoms with E-state index in [1.807, 2.05) is 20.9 Å². The highest BCUT2D eigenvalue weighted by Gasteiger charge is 2.34. The maximum atomic E-state index is 5.50. The molecule has 0 amide bonds. The van der Waals surface area contributed by atoms with Crippen molar-refractivity contribution in [2.24, 2.45) is 5.92 Å². The number of hydrogen-bond acceptors (Lipinski definition) is 4. The van der Waals surface area contributed by atoms with Crippen molar-refractivity contribution in [1.29, 1.82) is 0 Å². The molecule has 4 nitrogen and oxygen atoms in total. The first-order valence-corrected chi connectivity index (χ1v) is 5.73. The molecular formula is C12H19N3O. The lowest BCUT2D eigenvalue weighted by Crippen LogP contribution is -2.12. The largest absolute Gasteiger partial charge is 0.373 e. The summed E-state index contributed by atoms with van der Waals surface area (Å²) in [6, 6.07) is 0. The zero-order valence-electron chi connectivity index (χ0n) is 10.4. The van der Waals surface area contributed by atoms with Gasteiger partial charge in [-0.2, -0.15) is 0 Å². The van der Waals surface area contributed by atoms with E-state index in [1.54, 1.807) is 7.11 Å². The summed E-state index contributed by atoms with van der Waals surface area (Å²) in [6.45, 7) is 4.05. The molecule has 0 aromatic carbocycles. The molecule has 4 heteroatoms. The number of aromatic nitrogens is 2. The predicted molar refractivity (Wildman–Crippen MR) is 63.5 cm³/mol. The fraction of sp³-hybridized carbons (Fsp3) is 0.667. The molecule has 0 spiro atoms. The van der Waals surface area contributed by atoms with Gasteiger partial charge in [-0.3, -0.25) is 0 Å². The van der Waals surface area contributed by atoms with Crippen LogP contribution in [0.1, 0.15) is 36.0 Å². The topological polar surface area (TPSA) is 47.0 Å². The summed E-state index contributed by atoms with van der Waals surface area (Å²) in [6.07, 6.45) is 2.51. The second-order valence-corrected chi connectivity index (χ2v) is 4.38. The molecule has 1 aromatic heterocycles. The standard InChI is InChI=1S/C12H19N3O/c1-7-8(2)14-12(15-11(7)13-3)10(16-4)9-5-6-9/h9-10H,5-6H2,1-4H3,(H,13,14,15). The minimum Gasteiger partial charge on any atom is -0.373 e. The van der Waals surface area contributed by atoms with Gasteiger partial charge in [-0.05, 0) is 32.6 Å². The van der Waals surface area contributed by atoms with Crippen LogP contribution < -0.4 is 5.32 Å². The summed E-state index contributed by atoms with van der Waals surface area (Å²) in [5, 5.41) is 3.11. The Labute approximate surface area is 96.4 Å². The number of ether oxygens (including phenoxy) is 1. The molecule has 1 saturated carbocycles. The van der Waals surface area contributed by atoms with Crippen molar-refractivity contribution in [2.75, 3.05) is 19.5 Å².